The predicted molar refractivity (Wildman–Crippen MR) is 115 cm³/mol. The molecule has 0 radical (unpaired) electrons. The van der Waals surface area contributed by atoms with Crippen LogP contribution in [0.15, 0.2) is 90.1 Å². The standard InChI is InChI=1S/C23H21N3OS/c27-22(24-16-15-18-9-3-1-4-10-18)17-28-23-25-20-13-7-8-14-21(20)26(23)19-11-5-2-6-12-19/h1-14H,15-17H2,(H,24,27). The number of imidazole rings is 1. The maximum absolute atomic E-state index is 12.3. The molecule has 4 rings (SSSR count). The fraction of sp³-hybridized carbons (Fsp3) is 0.130. The lowest BCUT2D eigenvalue weighted by Crippen LogP contribution is -2.27. The number of nitrogens with one attached hydrogen (secondary N) is 1. The molecular formula is C23H21N3OS. The van der Waals surface area contributed by atoms with E-state index in [9.17, 15) is 4.79 Å². The van der Waals surface area contributed by atoms with Crippen molar-refractivity contribution in [3.05, 3.63) is 90.5 Å². The topological polar surface area (TPSA) is 46.9 Å². The minimum Gasteiger partial charge on any atom is -0.355 e. The predicted octanol–water partition coefficient (Wildman–Crippen LogP) is 4.48. The lowest BCUT2D eigenvalue weighted by atomic mass is 10.1. The van der Waals surface area contributed by atoms with Gasteiger partial charge < -0.3 is 5.32 Å². The second-order valence-corrected chi connectivity index (χ2v) is 7.37. The molecule has 5 heteroatoms. The highest BCUT2D eigenvalue weighted by atomic mass is 32.2. The van der Waals surface area contributed by atoms with Crippen molar-refractivity contribution in [2.45, 2.75) is 11.6 Å². The molecule has 0 aliphatic rings. The summed E-state index contributed by atoms with van der Waals surface area (Å²) < 4.78 is 2.11. The fourth-order valence-electron chi connectivity index (χ4n) is 3.10. The van der Waals surface area contributed by atoms with Gasteiger partial charge in [-0.15, -0.1) is 0 Å². The normalized spacial score (nSPS) is 10.9. The van der Waals surface area contributed by atoms with Crippen molar-refractivity contribution in [1.82, 2.24) is 14.9 Å². The summed E-state index contributed by atoms with van der Waals surface area (Å²) in [5.74, 6) is 0.359. The van der Waals surface area contributed by atoms with Gasteiger partial charge in [0, 0.05) is 12.2 Å². The molecule has 0 fully saturated rings. The first kappa shape index (κ1) is 18.3. The number of para-hydroxylation sites is 3. The number of amides is 1. The minimum absolute atomic E-state index is 0.0209. The van der Waals surface area contributed by atoms with Gasteiger partial charge in [-0.1, -0.05) is 72.4 Å². The Morgan fingerprint density at radius 2 is 1.57 bits per heavy atom. The van der Waals surface area contributed by atoms with Crippen molar-refractivity contribution in [2.75, 3.05) is 12.3 Å². The second-order valence-electron chi connectivity index (χ2n) is 6.43. The van der Waals surface area contributed by atoms with E-state index in [1.807, 2.05) is 54.6 Å². The summed E-state index contributed by atoms with van der Waals surface area (Å²) >= 11 is 1.46. The molecule has 28 heavy (non-hydrogen) atoms. The molecule has 140 valence electrons. The third kappa shape index (κ3) is 4.26. The summed E-state index contributed by atoms with van der Waals surface area (Å²) in [7, 11) is 0. The molecule has 0 atom stereocenters. The number of carbonyl (C=O) groups excluding carboxylic acids is 1. The molecule has 1 N–H and O–H groups in total. The van der Waals surface area contributed by atoms with Gasteiger partial charge in [0.1, 0.15) is 0 Å². The van der Waals surface area contributed by atoms with E-state index in [4.69, 9.17) is 4.98 Å². The van der Waals surface area contributed by atoms with E-state index in [0.717, 1.165) is 28.3 Å². The van der Waals surface area contributed by atoms with E-state index in [0.29, 0.717) is 12.3 Å². The van der Waals surface area contributed by atoms with Crippen molar-refractivity contribution in [3.8, 4) is 5.69 Å². The Morgan fingerprint density at radius 1 is 0.893 bits per heavy atom. The zero-order valence-electron chi connectivity index (χ0n) is 15.4. The third-order valence-electron chi connectivity index (χ3n) is 4.46. The molecule has 0 unspecified atom stereocenters. The first-order valence-electron chi connectivity index (χ1n) is 9.27. The Labute approximate surface area is 168 Å². The van der Waals surface area contributed by atoms with Crippen LogP contribution in [-0.2, 0) is 11.2 Å². The van der Waals surface area contributed by atoms with Crippen molar-refractivity contribution >= 4 is 28.7 Å². The van der Waals surface area contributed by atoms with Gasteiger partial charge in [0.05, 0.1) is 16.8 Å². The Morgan fingerprint density at radius 3 is 2.36 bits per heavy atom. The highest BCUT2D eigenvalue weighted by Crippen LogP contribution is 2.27. The van der Waals surface area contributed by atoms with Crippen LogP contribution in [0.2, 0.25) is 0 Å². The molecule has 4 nitrogen and oxygen atoms in total. The maximum atomic E-state index is 12.3. The highest BCUT2D eigenvalue weighted by molar-refractivity contribution is 7.99. The lowest BCUT2D eigenvalue weighted by Gasteiger charge is -2.09. The van der Waals surface area contributed by atoms with E-state index < -0.39 is 0 Å². The summed E-state index contributed by atoms with van der Waals surface area (Å²) in [5.41, 5.74) is 4.24. The molecule has 0 bridgehead atoms. The second kappa shape index (κ2) is 8.76. The molecule has 3 aromatic carbocycles. The van der Waals surface area contributed by atoms with Crippen LogP contribution in [0.5, 0.6) is 0 Å². The van der Waals surface area contributed by atoms with Gasteiger partial charge in [-0.05, 0) is 36.2 Å². The van der Waals surface area contributed by atoms with Crippen LogP contribution < -0.4 is 5.32 Å². The monoisotopic (exact) mass is 387 g/mol. The van der Waals surface area contributed by atoms with E-state index in [1.165, 1.54) is 17.3 Å². The maximum Gasteiger partial charge on any atom is 0.230 e. The number of hydrogen-bond acceptors (Lipinski definition) is 3. The first-order chi connectivity index (χ1) is 13.8. The van der Waals surface area contributed by atoms with Gasteiger partial charge >= 0.3 is 0 Å². The zero-order valence-corrected chi connectivity index (χ0v) is 16.2. The van der Waals surface area contributed by atoms with Gasteiger partial charge in [0.15, 0.2) is 5.16 Å². The lowest BCUT2D eigenvalue weighted by molar-refractivity contribution is -0.118. The van der Waals surface area contributed by atoms with Gasteiger partial charge in [0.25, 0.3) is 0 Å². The van der Waals surface area contributed by atoms with E-state index in [1.54, 1.807) is 0 Å². The number of aromatic nitrogens is 2. The van der Waals surface area contributed by atoms with E-state index in [2.05, 4.69) is 40.2 Å². The molecule has 0 saturated carbocycles. The molecular weight excluding hydrogens is 366 g/mol. The first-order valence-corrected chi connectivity index (χ1v) is 10.3. The van der Waals surface area contributed by atoms with Gasteiger partial charge in [-0.25, -0.2) is 4.98 Å². The van der Waals surface area contributed by atoms with Crippen LogP contribution in [0.1, 0.15) is 5.56 Å². The van der Waals surface area contributed by atoms with Crippen molar-refractivity contribution in [1.29, 1.82) is 0 Å². The van der Waals surface area contributed by atoms with E-state index in [-0.39, 0.29) is 5.91 Å². The van der Waals surface area contributed by atoms with Crippen LogP contribution >= 0.6 is 11.8 Å². The van der Waals surface area contributed by atoms with Crippen LogP contribution in [0.3, 0.4) is 0 Å². The number of fused-ring (bicyclic) bond motifs is 1. The third-order valence-corrected chi connectivity index (χ3v) is 5.39. The number of benzene rings is 3. The molecule has 0 aliphatic carbocycles. The summed E-state index contributed by atoms with van der Waals surface area (Å²) in [4.78, 5) is 17.0. The van der Waals surface area contributed by atoms with E-state index >= 15 is 0 Å². The summed E-state index contributed by atoms with van der Waals surface area (Å²) in [6, 6.07) is 28.3. The van der Waals surface area contributed by atoms with Crippen LogP contribution in [0, 0.1) is 0 Å². The molecule has 1 aromatic heterocycles. The Kier molecular flexibility index (Phi) is 5.73. The van der Waals surface area contributed by atoms with Crippen LogP contribution in [-0.4, -0.2) is 27.8 Å². The molecule has 4 aromatic rings. The average molecular weight is 388 g/mol. The quantitative estimate of drug-likeness (QED) is 0.476. The summed E-state index contributed by atoms with van der Waals surface area (Å²) in [5, 5.41) is 3.82. The number of rotatable bonds is 7. The number of nitrogens with zero attached hydrogens (tertiary/aromatic N) is 2. The van der Waals surface area contributed by atoms with Crippen LogP contribution in [0.4, 0.5) is 0 Å². The smallest absolute Gasteiger partial charge is 0.230 e. The zero-order chi connectivity index (χ0) is 19.2. The SMILES string of the molecule is O=C(CSc1nc2ccccc2n1-c1ccccc1)NCCc1ccccc1. The molecule has 0 aliphatic heterocycles. The summed E-state index contributed by atoms with van der Waals surface area (Å²) in [6.45, 7) is 0.637. The molecule has 1 heterocycles. The average Bonchev–Trinajstić information content (AvgIpc) is 3.12. The van der Waals surface area contributed by atoms with Crippen molar-refractivity contribution in [3.63, 3.8) is 0 Å². The largest absolute Gasteiger partial charge is 0.355 e. The number of thioether (sulfide) groups is 1. The molecule has 0 spiro atoms. The summed E-state index contributed by atoms with van der Waals surface area (Å²) in [6.07, 6.45) is 0.833. The fourth-order valence-corrected chi connectivity index (χ4v) is 3.96. The van der Waals surface area contributed by atoms with Gasteiger partial charge in [-0.3, -0.25) is 9.36 Å². The Balaban J connectivity index is 1.44. The minimum atomic E-state index is 0.0209. The number of carbonyl (C=O) groups is 1. The number of hydrogen-bond donors (Lipinski definition) is 1. The Bertz CT molecular complexity index is 1060. The van der Waals surface area contributed by atoms with Crippen molar-refractivity contribution in [2.24, 2.45) is 0 Å². The van der Waals surface area contributed by atoms with Gasteiger partial charge in [0.2, 0.25) is 5.91 Å². The van der Waals surface area contributed by atoms with Crippen LogP contribution in [0.25, 0.3) is 16.7 Å². The van der Waals surface area contributed by atoms with Crippen molar-refractivity contribution < 1.29 is 4.79 Å². The molecule has 1 amide bonds. The Hall–Kier alpha value is -3.05. The van der Waals surface area contributed by atoms with Gasteiger partial charge in [-0.2, -0.15) is 0 Å². The molecule has 0 saturated heterocycles. The highest BCUT2D eigenvalue weighted by Gasteiger charge is 2.14.